The van der Waals surface area contributed by atoms with Gasteiger partial charge in [-0.15, -0.1) is 0 Å². The van der Waals surface area contributed by atoms with Gasteiger partial charge in [-0.25, -0.2) is 4.79 Å². The van der Waals surface area contributed by atoms with Crippen LogP contribution in [0.5, 0.6) is 0 Å². The van der Waals surface area contributed by atoms with Gasteiger partial charge >= 0.3 is 5.97 Å². The quantitative estimate of drug-likeness (QED) is 0.671. The maximum Gasteiger partial charge on any atom is 0.338 e. The molecule has 0 atom stereocenters. The predicted molar refractivity (Wildman–Crippen MR) is 52.3 cm³/mol. The highest BCUT2D eigenvalue weighted by atomic mass is 16.5. The van der Waals surface area contributed by atoms with E-state index in [1.807, 2.05) is 6.92 Å². The van der Waals surface area contributed by atoms with E-state index in [1.165, 1.54) is 7.11 Å². The van der Waals surface area contributed by atoms with Gasteiger partial charge in [-0.05, 0) is 37.3 Å². The lowest BCUT2D eigenvalue weighted by Crippen LogP contribution is -2.07. The van der Waals surface area contributed by atoms with Crippen molar-refractivity contribution < 1.29 is 9.53 Å². The first-order valence-electron chi connectivity index (χ1n) is 4.78. The van der Waals surface area contributed by atoms with Crippen molar-refractivity contribution in [3.63, 3.8) is 0 Å². The standard InChI is InChI=1S/C11H13NO2/c1-7-10(8-3-4-8)9(5-6-12-7)11(13)14-2/h5-6,8H,3-4H2,1-2H3. The Labute approximate surface area is 83.1 Å². The van der Waals surface area contributed by atoms with E-state index < -0.39 is 0 Å². The van der Waals surface area contributed by atoms with Gasteiger partial charge in [-0.3, -0.25) is 4.98 Å². The third-order valence-corrected chi connectivity index (χ3v) is 2.58. The van der Waals surface area contributed by atoms with Crippen molar-refractivity contribution in [2.75, 3.05) is 7.11 Å². The van der Waals surface area contributed by atoms with E-state index in [2.05, 4.69) is 4.98 Å². The molecule has 0 amide bonds. The highest BCUT2D eigenvalue weighted by molar-refractivity contribution is 5.91. The Morgan fingerprint density at radius 2 is 2.29 bits per heavy atom. The molecule has 1 aliphatic rings. The molecule has 2 rings (SSSR count). The van der Waals surface area contributed by atoms with Crippen molar-refractivity contribution in [3.8, 4) is 0 Å². The van der Waals surface area contributed by atoms with Gasteiger partial charge in [-0.2, -0.15) is 0 Å². The van der Waals surface area contributed by atoms with Gasteiger partial charge in [0, 0.05) is 11.9 Å². The van der Waals surface area contributed by atoms with Crippen LogP contribution in [0.1, 0.15) is 40.4 Å². The summed E-state index contributed by atoms with van der Waals surface area (Å²) >= 11 is 0. The molecule has 1 fully saturated rings. The van der Waals surface area contributed by atoms with Crippen LogP contribution in [0.15, 0.2) is 12.3 Å². The molecule has 1 aromatic rings. The molecule has 0 N–H and O–H groups in total. The first-order chi connectivity index (χ1) is 6.74. The number of carbonyl (C=O) groups is 1. The highest BCUT2D eigenvalue weighted by Gasteiger charge is 2.30. The van der Waals surface area contributed by atoms with Gasteiger partial charge in [0.15, 0.2) is 0 Å². The van der Waals surface area contributed by atoms with Gasteiger partial charge in [0.05, 0.1) is 12.7 Å². The monoisotopic (exact) mass is 191 g/mol. The number of hydrogen-bond donors (Lipinski definition) is 0. The second-order valence-electron chi connectivity index (χ2n) is 3.62. The van der Waals surface area contributed by atoms with Gasteiger partial charge in [0.25, 0.3) is 0 Å². The lowest BCUT2D eigenvalue weighted by molar-refractivity contribution is 0.0599. The van der Waals surface area contributed by atoms with Crippen LogP contribution in [0.4, 0.5) is 0 Å². The molecule has 1 saturated carbocycles. The van der Waals surface area contributed by atoms with E-state index in [4.69, 9.17) is 4.74 Å². The minimum atomic E-state index is -0.252. The Bertz CT molecular complexity index is 370. The van der Waals surface area contributed by atoms with Gasteiger partial charge < -0.3 is 4.74 Å². The summed E-state index contributed by atoms with van der Waals surface area (Å²) in [5, 5.41) is 0. The molecule has 1 aromatic heterocycles. The first kappa shape index (κ1) is 9.19. The van der Waals surface area contributed by atoms with Crippen LogP contribution in [-0.2, 0) is 4.74 Å². The number of pyridine rings is 1. The first-order valence-corrected chi connectivity index (χ1v) is 4.78. The fourth-order valence-electron chi connectivity index (χ4n) is 1.75. The molecule has 3 heteroatoms. The second-order valence-corrected chi connectivity index (χ2v) is 3.62. The summed E-state index contributed by atoms with van der Waals surface area (Å²) in [5.74, 6) is 0.273. The average molecular weight is 191 g/mol. The van der Waals surface area contributed by atoms with E-state index >= 15 is 0 Å². The van der Waals surface area contributed by atoms with Crippen LogP contribution in [0.3, 0.4) is 0 Å². The summed E-state index contributed by atoms with van der Waals surface area (Å²) in [4.78, 5) is 15.7. The number of rotatable bonds is 2. The smallest absolute Gasteiger partial charge is 0.338 e. The third-order valence-electron chi connectivity index (χ3n) is 2.58. The topological polar surface area (TPSA) is 39.2 Å². The Kier molecular flexibility index (Phi) is 2.23. The lowest BCUT2D eigenvalue weighted by atomic mass is 10.0. The van der Waals surface area contributed by atoms with Crippen molar-refractivity contribution >= 4 is 5.97 Å². The van der Waals surface area contributed by atoms with E-state index in [9.17, 15) is 4.79 Å². The molecule has 1 aliphatic carbocycles. The fourth-order valence-corrected chi connectivity index (χ4v) is 1.75. The predicted octanol–water partition coefficient (Wildman–Crippen LogP) is 2.05. The summed E-state index contributed by atoms with van der Waals surface area (Å²) in [6.07, 6.45) is 3.99. The zero-order chi connectivity index (χ0) is 10.1. The minimum absolute atomic E-state index is 0.252. The van der Waals surface area contributed by atoms with Crippen LogP contribution in [0, 0.1) is 6.92 Å². The summed E-state index contributed by atoms with van der Waals surface area (Å²) in [6.45, 7) is 1.94. The molecule has 0 saturated heterocycles. The minimum Gasteiger partial charge on any atom is -0.465 e. The maximum absolute atomic E-state index is 11.5. The molecule has 3 nitrogen and oxygen atoms in total. The van der Waals surface area contributed by atoms with Gasteiger partial charge in [0.1, 0.15) is 0 Å². The van der Waals surface area contributed by atoms with Crippen molar-refractivity contribution in [2.24, 2.45) is 0 Å². The molecule has 0 spiro atoms. The van der Waals surface area contributed by atoms with Crippen molar-refractivity contribution in [2.45, 2.75) is 25.7 Å². The zero-order valence-corrected chi connectivity index (χ0v) is 8.41. The molecule has 0 aliphatic heterocycles. The number of carbonyl (C=O) groups excluding carboxylic acids is 1. The highest BCUT2D eigenvalue weighted by Crippen LogP contribution is 2.42. The van der Waals surface area contributed by atoms with Gasteiger partial charge in [-0.1, -0.05) is 0 Å². The van der Waals surface area contributed by atoms with Crippen molar-refractivity contribution in [1.82, 2.24) is 4.98 Å². The molecule has 0 aromatic carbocycles. The summed E-state index contributed by atoms with van der Waals surface area (Å²) < 4.78 is 4.74. The third kappa shape index (κ3) is 1.50. The zero-order valence-electron chi connectivity index (χ0n) is 8.41. The van der Waals surface area contributed by atoms with Gasteiger partial charge in [0.2, 0.25) is 0 Å². The van der Waals surface area contributed by atoms with Crippen LogP contribution >= 0.6 is 0 Å². The summed E-state index contributed by atoms with van der Waals surface area (Å²) in [6, 6.07) is 1.74. The van der Waals surface area contributed by atoms with E-state index in [1.54, 1.807) is 12.3 Å². The normalized spacial score (nSPS) is 15.3. The number of aromatic nitrogens is 1. The number of methoxy groups -OCH3 is 1. The molecular formula is C11H13NO2. The number of hydrogen-bond acceptors (Lipinski definition) is 3. The Hall–Kier alpha value is -1.38. The molecule has 1 heterocycles. The van der Waals surface area contributed by atoms with Crippen LogP contribution in [0.2, 0.25) is 0 Å². The van der Waals surface area contributed by atoms with E-state index in [-0.39, 0.29) is 5.97 Å². The Morgan fingerprint density at radius 3 is 2.86 bits per heavy atom. The summed E-state index contributed by atoms with van der Waals surface area (Å²) in [7, 11) is 1.41. The number of nitrogens with zero attached hydrogens (tertiary/aromatic N) is 1. The summed E-state index contributed by atoms with van der Waals surface area (Å²) in [5.41, 5.74) is 2.72. The Balaban J connectivity index is 2.47. The lowest BCUT2D eigenvalue weighted by Gasteiger charge is -2.08. The number of esters is 1. The average Bonchev–Trinajstić information content (AvgIpc) is 3.00. The molecule has 0 bridgehead atoms. The molecule has 0 radical (unpaired) electrons. The SMILES string of the molecule is COC(=O)c1ccnc(C)c1C1CC1. The van der Waals surface area contributed by atoms with E-state index in [0.717, 1.165) is 24.1 Å². The van der Waals surface area contributed by atoms with Crippen LogP contribution < -0.4 is 0 Å². The number of ether oxygens (including phenoxy) is 1. The molecule has 0 unspecified atom stereocenters. The van der Waals surface area contributed by atoms with Crippen molar-refractivity contribution in [1.29, 1.82) is 0 Å². The maximum atomic E-state index is 11.5. The largest absolute Gasteiger partial charge is 0.465 e. The molecule has 14 heavy (non-hydrogen) atoms. The molecular weight excluding hydrogens is 178 g/mol. The van der Waals surface area contributed by atoms with Crippen molar-refractivity contribution in [3.05, 3.63) is 29.1 Å². The van der Waals surface area contributed by atoms with Crippen LogP contribution in [0.25, 0.3) is 0 Å². The number of aryl methyl sites for hydroxylation is 1. The Morgan fingerprint density at radius 1 is 1.57 bits per heavy atom. The second kappa shape index (κ2) is 3.40. The van der Waals surface area contributed by atoms with E-state index in [0.29, 0.717) is 11.5 Å². The fraction of sp³-hybridized carbons (Fsp3) is 0.455. The van der Waals surface area contributed by atoms with Crippen LogP contribution in [-0.4, -0.2) is 18.1 Å². The molecule has 74 valence electrons.